The normalized spacial score (nSPS) is 11.2. The van der Waals surface area contributed by atoms with Gasteiger partial charge in [-0.1, -0.05) is 24.4 Å². The predicted octanol–water partition coefficient (Wildman–Crippen LogP) is 1.15. The van der Waals surface area contributed by atoms with Gasteiger partial charge < -0.3 is 10.7 Å². The van der Waals surface area contributed by atoms with Crippen LogP contribution in [0.2, 0.25) is 0 Å². The molecule has 0 radical (unpaired) electrons. The minimum atomic E-state index is -3.69. The summed E-state index contributed by atoms with van der Waals surface area (Å²) in [7, 11) is -3.69. The molecule has 0 saturated heterocycles. The lowest BCUT2D eigenvalue weighted by Gasteiger charge is -2.10. The summed E-state index contributed by atoms with van der Waals surface area (Å²) in [5.41, 5.74) is 7.33. The van der Waals surface area contributed by atoms with Crippen LogP contribution in [0.5, 0.6) is 0 Å². The molecule has 0 fully saturated rings. The van der Waals surface area contributed by atoms with E-state index in [4.69, 9.17) is 18.0 Å². The van der Waals surface area contributed by atoms with E-state index < -0.39 is 10.0 Å². The zero-order chi connectivity index (χ0) is 14.0. The van der Waals surface area contributed by atoms with Crippen LogP contribution in [-0.2, 0) is 10.0 Å². The van der Waals surface area contributed by atoms with Gasteiger partial charge >= 0.3 is 0 Å². The summed E-state index contributed by atoms with van der Waals surface area (Å²) in [6, 6.07) is 5.09. The fourth-order valence-corrected chi connectivity index (χ4v) is 2.63. The molecule has 1 aromatic carbocycles. The Bertz CT molecular complexity index is 708. The average Bonchev–Trinajstić information content (AvgIpc) is 2.85. The molecular formula is C11H12N4O2S2. The van der Waals surface area contributed by atoms with Crippen molar-refractivity contribution in [1.29, 1.82) is 0 Å². The smallest absolute Gasteiger partial charge is 0.278 e. The first kappa shape index (κ1) is 13.5. The largest absolute Gasteiger partial charge is 0.389 e. The molecule has 0 amide bonds. The van der Waals surface area contributed by atoms with E-state index in [1.165, 1.54) is 12.5 Å². The predicted molar refractivity (Wildman–Crippen MR) is 76.5 cm³/mol. The fourth-order valence-electron chi connectivity index (χ4n) is 1.48. The van der Waals surface area contributed by atoms with Crippen LogP contribution in [0, 0.1) is 6.92 Å². The molecule has 0 aliphatic rings. The number of nitrogens with zero attached hydrogens (tertiary/aromatic N) is 1. The number of anilines is 1. The fraction of sp³-hybridized carbons (Fsp3) is 0.0909. The molecule has 8 heteroatoms. The van der Waals surface area contributed by atoms with Crippen molar-refractivity contribution in [2.75, 3.05) is 4.72 Å². The minimum Gasteiger partial charge on any atom is -0.389 e. The molecular weight excluding hydrogens is 284 g/mol. The highest BCUT2D eigenvalue weighted by atomic mass is 32.2. The number of benzene rings is 1. The van der Waals surface area contributed by atoms with Crippen molar-refractivity contribution < 1.29 is 8.42 Å². The van der Waals surface area contributed by atoms with E-state index in [9.17, 15) is 8.42 Å². The van der Waals surface area contributed by atoms with E-state index in [0.29, 0.717) is 11.3 Å². The van der Waals surface area contributed by atoms with Crippen LogP contribution in [0.3, 0.4) is 0 Å². The van der Waals surface area contributed by atoms with Gasteiger partial charge in [0.15, 0.2) is 5.03 Å². The second-order valence-electron chi connectivity index (χ2n) is 3.92. The van der Waals surface area contributed by atoms with Crippen LogP contribution < -0.4 is 10.5 Å². The van der Waals surface area contributed by atoms with Crippen molar-refractivity contribution in [1.82, 2.24) is 9.97 Å². The maximum absolute atomic E-state index is 12.0. The Morgan fingerprint density at radius 3 is 2.79 bits per heavy atom. The van der Waals surface area contributed by atoms with E-state index >= 15 is 0 Å². The number of rotatable bonds is 4. The number of aryl methyl sites for hydroxylation is 1. The molecule has 2 aromatic rings. The molecule has 0 bridgehead atoms. The van der Waals surface area contributed by atoms with E-state index in [0.717, 1.165) is 5.56 Å². The molecule has 1 aromatic heterocycles. The number of thiocarbonyl (C=S) groups is 1. The van der Waals surface area contributed by atoms with Gasteiger partial charge in [0.25, 0.3) is 10.0 Å². The first-order valence-corrected chi connectivity index (χ1v) is 7.21. The SMILES string of the molecule is Cc1ccc(C(N)=S)cc1NS(=O)(=O)c1cnc[nH]1. The number of aromatic amines is 1. The van der Waals surface area contributed by atoms with Crippen molar-refractivity contribution in [3.05, 3.63) is 41.9 Å². The van der Waals surface area contributed by atoms with Gasteiger partial charge in [0, 0.05) is 5.56 Å². The van der Waals surface area contributed by atoms with Gasteiger partial charge in [-0.25, -0.2) is 4.98 Å². The number of hydrogen-bond donors (Lipinski definition) is 3. The lowest BCUT2D eigenvalue weighted by atomic mass is 10.1. The topological polar surface area (TPSA) is 101 Å². The third kappa shape index (κ3) is 2.91. The number of H-pyrrole nitrogens is 1. The van der Waals surface area contributed by atoms with Gasteiger partial charge in [0.05, 0.1) is 18.2 Å². The summed E-state index contributed by atoms with van der Waals surface area (Å²) in [5.74, 6) is 0. The van der Waals surface area contributed by atoms with Crippen molar-refractivity contribution in [3.8, 4) is 0 Å². The van der Waals surface area contributed by atoms with Crippen LogP contribution in [-0.4, -0.2) is 23.4 Å². The maximum atomic E-state index is 12.0. The van der Waals surface area contributed by atoms with Crippen LogP contribution in [0.25, 0.3) is 0 Å². The Balaban J connectivity index is 2.39. The Morgan fingerprint density at radius 1 is 1.47 bits per heavy atom. The number of hydrogen-bond acceptors (Lipinski definition) is 4. The quantitative estimate of drug-likeness (QED) is 0.735. The molecule has 0 atom stereocenters. The number of imidazole rings is 1. The van der Waals surface area contributed by atoms with Gasteiger partial charge in [-0.15, -0.1) is 0 Å². The molecule has 19 heavy (non-hydrogen) atoms. The van der Waals surface area contributed by atoms with E-state index in [2.05, 4.69) is 14.7 Å². The molecule has 0 unspecified atom stereocenters. The Morgan fingerprint density at radius 2 is 2.21 bits per heavy atom. The molecule has 0 spiro atoms. The van der Waals surface area contributed by atoms with Gasteiger partial charge in [-0.05, 0) is 18.6 Å². The number of nitrogens with two attached hydrogens (primary N) is 1. The highest BCUT2D eigenvalue weighted by Gasteiger charge is 2.16. The summed E-state index contributed by atoms with van der Waals surface area (Å²) in [6.45, 7) is 1.79. The summed E-state index contributed by atoms with van der Waals surface area (Å²) in [6.07, 6.45) is 2.53. The third-order valence-electron chi connectivity index (χ3n) is 2.53. The van der Waals surface area contributed by atoms with Gasteiger partial charge in [-0.3, -0.25) is 4.72 Å². The minimum absolute atomic E-state index is 0.00683. The maximum Gasteiger partial charge on any atom is 0.278 e. The zero-order valence-electron chi connectivity index (χ0n) is 10.0. The summed E-state index contributed by atoms with van der Waals surface area (Å²) in [4.78, 5) is 6.44. The molecule has 100 valence electrons. The Labute approximate surface area is 116 Å². The van der Waals surface area contributed by atoms with E-state index in [1.807, 2.05) is 0 Å². The molecule has 6 nitrogen and oxygen atoms in total. The van der Waals surface area contributed by atoms with Gasteiger partial charge in [-0.2, -0.15) is 8.42 Å². The Kier molecular flexibility index (Phi) is 3.54. The lowest BCUT2D eigenvalue weighted by molar-refractivity contribution is 0.598. The van der Waals surface area contributed by atoms with Gasteiger partial charge in [0.1, 0.15) is 4.99 Å². The average molecular weight is 296 g/mol. The number of sulfonamides is 1. The highest BCUT2D eigenvalue weighted by molar-refractivity contribution is 7.92. The van der Waals surface area contributed by atoms with Crippen LogP contribution >= 0.6 is 12.2 Å². The highest BCUT2D eigenvalue weighted by Crippen LogP contribution is 2.20. The van der Waals surface area contributed by atoms with Crippen LogP contribution in [0.1, 0.15) is 11.1 Å². The molecule has 4 N–H and O–H groups in total. The lowest BCUT2D eigenvalue weighted by Crippen LogP contribution is -2.15. The molecule has 0 aliphatic heterocycles. The molecule has 2 rings (SSSR count). The molecule has 0 aliphatic carbocycles. The number of nitrogens with one attached hydrogen (secondary N) is 2. The van der Waals surface area contributed by atoms with Crippen LogP contribution in [0.4, 0.5) is 5.69 Å². The van der Waals surface area contributed by atoms with Crippen LogP contribution in [0.15, 0.2) is 35.7 Å². The van der Waals surface area contributed by atoms with Crippen molar-refractivity contribution in [2.24, 2.45) is 5.73 Å². The third-order valence-corrected chi connectivity index (χ3v) is 4.06. The first-order valence-electron chi connectivity index (χ1n) is 5.32. The standard InChI is InChI=1S/C11H12N4O2S2/c1-7-2-3-8(11(12)18)4-9(7)15-19(16,17)10-5-13-6-14-10/h2-6,15H,1H3,(H2,12,18)(H,13,14). The van der Waals surface area contributed by atoms with Gasteiger partial charge in [0.2, 0.25) is 0 Å². The second-order valence-corrected chi connectivity index (χ2v) is 6.01. The monoisotopic (exact) mass is 296 g/mol. The zero-order valence-corrected chi connectivity index (χ0v) is 11.7. The Hall–Kier alpha value is -1.93. The summed E-state index contributed by atoms with van der Waals surface area (Å²) >= 11 is 4.87. The van der Waals surface area contributed by atoms with E-state index in [-0.39, 0.29) is 10.0 Å². The summed E-state index contributed by atoms with van der Waals surface area (Å²) in [5, 5.41) is -0.00683. The van der Waals surface area contributed by atoms with Crippen molar-refractivity contribution in [2.45, 2.75) is 11.9 Å². The van der Waals surface area contributed by atoms with Crippen molar-refractivity contribution >= 4 is 32.9 Å². The van der Waals surface area contributed by atoms with E-state index in [1.54, 1.807) is 25.1 Å². The number of aromatic nitrogens is 2. The first-order chi connectivity index (χ1) is 8.90. The molecule has 0 saturated carbocycles. The molecule has 1 heterocycles. The van der Waals surface area contributed by atoms with Crippen molar-refractivity contribution in [3.63, 3.8) is 0 Å². The summed E-state index contributed by atoms with van der Waals surface area (Å²) < 4.78 is 26.6. The second kappa shape index (κ2) is 4.98.